The van der Waals surface area contributed by atoms with Crippen molar-refractivity contribution in [2.45, 2.75) is 45.4 Å². The monoisotopic (exact) mass is 376 g/mol. The number of rotatable bonds is 4. The summed E-state index contributed by atoms with van der Waals surface area (Å²) in [4.78, 5) is 17.1. The molecule has 27 heavy (non-hydrogen) atoms. The Balaban J connectivity index is 1.48. The number of amides is 1. The van der Waals surface area contributed by atoms with Crippen molar-refractivity contribution in [1.82, 2.24) is 4.98 Å². The first kappa shape index (κ1) is 17.9. The minimum absolute atomic E-state index is 0.114. The summed E-state index contributed by atoms with van der Waals surface area (Å²) in [6.07, 6.45) is 4.90. The summed E-state index contributed by atoms with van der Waals surface area (Å²) in [5.41, 5.74) is 6.87. The minimum atomic E-state index is -0.114. The number of aromatic nitrogens is 1. The number of carbonyl (C=O) groups is 1. The normalized spacial score (nSPS) is 13.4. The van der Waals surface area contributed by atoms with Crippen LogP contribution in [-0.4, -0.2) is 10.9 Å². The number of anilines is 1. The molecule has 1 aliphatic carbocycles. The smallest absolute Gasteiger partial charge is 0.257 e. The predicted molar refractivity (Wildman–Crippen MR) is 113 cm³/mol. The van der Waals surface area contributed by atoms with Gasteiger partial charge in [-0.25, -0.2) is 4.98 Å². The molecule has 0 bridgehead atoms. The van der Waals surface area contributed by atoms with Crippen molar-refractivity contribution < 1.29 is 4.79 Å². The molecule has 4 heteroatoms. The quantitative estimate of drug-likeness (QED) is 0.601. The lowest BCUT2D eigenvalue weighted by atomic mass is 9.90. The van der Waals surface area contributed by atoms with Crippen molar-refractivity contribution in [3.8, 4) is 11.3 Å². The first-order valence-electron chi connectivity index (χ1n) is 9.59. The molecule has 0 saturated heterocycles. The molecule has 1 aromatic heterocycles. The van der Waals surface area contributed by atoms with Crippen LogP contribution >= 0.6 is 11.3 Å². The lowest BCUT2D eigenvalue weighted by Gasteiger charge is -2.16. The average molecular weight is 377 g/mol. The first-order valence-corrected chi connectivity index (χ1v) is 10.5. The van der Waals surface area contributed by atoms with E-state index in [0.29, 0.717) is 16.6 Å². The zero-order valence-electron chi connectivity index (χ0n) is 15.8. The van der Waals surface area contributed by atoms with Crippen molar-refractivity contribution in [2.24, 2.45) is 0 Å². The van der Waals surface area contributed by atoms with Crippen molar-refractivity contribution in [2.75, 3.05) is 5.32 Å². The maximum Gasteiger partial charge on any atom is 0.257 e. The molecule has 4 rings (SSSR count). The predicted octanol–water partition coefficient (Wildman–Crippen LogP) is 6.06. The third kappa shape index (κ3) is 3.96. The Bertz CT molecular complexity index is 957. The molecule has 0 atom stereocenters. The molecule has 0 unspecified atom stereocenters. The fraction of sp³-hybridized carbons (Fsp3) is 0.304. The van der Waals surface area contributed by atoms with Gasteiger partial charge in [0.05, 0.1) is 5.69 Å². The van der Waals surface area contributed by atoms with Gasteiger partial charge in [-0.3, -0.25) is 10.1 Å². The average Bonchev–Trinajstić information content (AvgIpc) is 3.16. The van der Waals surface area contributed by atoms with E-state index in [9.17, 15) is 4.79 Å². The SMILES string of the molecule is CC(C)c1ccc(C(=O)Nc2nc(-c3ccc4c(c3)CCCC4)cs2)cc1. The number of carbonyl (C=O) groups excluding carboxylic acids is 1. The molecule has 138 valence electrons. The van der Waals surface area contributed by atoms with Gasteiger partial charge < -0.3 is 0 Å². The molecule has 1 aliphatic rings. The Morgan fingerprint density at radius 2 is 1.78 bits per heavy atom. The van der Waals surface area contributed by atoms with Crippen LogP contribution < -0.4 is 5.32 Å². The van der Waals surface area contributed by atoms with Gasteiger partial charge in [0.15, 0.2) is 5.13 Å². The molecular formula is C23H24N2OS. The molecule has 0 aliphatic heterocycles. The van der Waals surface area contributed by atoms with Crippen molar-refractivity contribution in [3.63, 3.8) is 0 Å². The van der Waals surface area contributed by atoms with Gasteiger partial charge in [-0.05, 0) is 66.5 Å². The van der Waals surface area contributed by atoms with E-state index in [1.165, 1.54) is 47.3 Å². The number of aryl methyl sites for hydroxylation is 2. The van der Waals surface area contributed by atoms with Gasteiger partial charge in [-0.1, -0.05) is 38.1 Å². The van der Waals surface area contributed by atoms with Crippen LogP contribution in [0.5, 0.6) is 0 Å². The maximum absolute atomic E-state index is 12.5. The maximum atomic E-state index is 12.5. The second kappa shape index (κ2) is 7.65. The number of thiazole rings is 1. The van der Waals surface area contributed by atoms with E-state index in [4.69, 9.17) is 0 Å². The molecule has 1 N–H and O–H groups in total. The van der Waals surface area contributed by atoms with Crippen LogP contribution in [0.3, 0.4) is 0 Å². The number of hydrogen-bond donors (Lipinski definition) is 1. The lowest BCUT2D eigenvalue weighted by Crippen LogP contribution is -2.11. The van der Waals surface area contributed by atoms with Crippen molar-refractivity contribution >= 4 is 22.4 Å². The highest BCUT2D eigenvalue weighted by Gasteiger charge is 2.13. The number of hydrogen-bond acceptors (Lipinski definition) is 3. The van der Waals surface area contributed by atoms with Crippen LogP contribution in [-0.2, 0) is 12.8 Å². The first-order chi connectivity index (χ1) is 13.1. The van der Waals surface area contributed by atoms with Crippen molar-refractivity contribution in [1.29, 1.82) is 0 Å². The van der Waals surface area contributed by atoms with Gasteiger partial charge in [0.1, 0.15) is 0 Å². The zero-order valence-corrected chi connectivity index (χ0v) is 16.6. The summed E-state index contributed by atoms with van der Waals surface area (Å²) in [5.74, 6) is 0.344. The van der Waals surface area contributed by atoms with Crippen LogP contribution in [0.4, 0.5) is 5.13 Å². The third-order valence-electron chi connectivity index (χ3n) is 5.21. The number of nitrogens with zero attached hydrogens (tertiary/aromatic N) is 1. The molecule has 0 radical (unpaired) electrons. The van der Waals surface area contributed by atoms with Crippen LogP contribution in [0, 0.1) is 0 Å². The third-order valence-corrected chi connectivity index (χ3v) is 5.97. The van der Waals surface area contributed by atoms with Gasteiger partial charge in [0.2, 0.25) is 0 Å². The molecule has 2 aromatic carbocycles. The Morgan fingerprint density at radius 3 is 2.52 bits per heavy atom. The highest BCUT2D eigenvalue weighted by molar-refractivity contribution is 7.14. The highest BCUT2D eigenvalue weighted by Crippen LogP contribution is 2.29. The molecule has 1 amide bonds. The van der Waals surface area contributed by atoms with Gasteiger partial charge in [-0.2, -0.15) is 0 Å². The van der Waals surface area contributed by atoms with E-state index in [1.807, 2.05) is 29.6 Å². The van der Waals surface area contributed by atoms with E-state index < -0.39 is 0 Å². The lowest BCUT2D eigenvalue weighted by molar-refractivity contribution is 0.102. The summed E-state index contributed by atoms with van der Waals surface area (Å²) in [7, 11) is 0. The van der Waals surface area contributed by atoms with Crippen molar-refractivity contribution in [3.05, 3.63) is 70.1 Å². The van der Waals surface area contributed by atoms with Crippen LogP contribution in [0.15, 0.2) is 47.8 Å². The zero-order chi connectivity index (χ0) is 18.8. The van der Waals surface area contributed by atoms with E-state index in [2.05, 4.69) is 42.3 Å². The van der Waals surface area contributed by atoms with Crippen LogP contribution in [0.2, 0.25) is 0 Å². The highest BCUT2D eigenvalue weighted by atomic mass is 32.1. The second-order valence-corrected chi connectivity index (χ2v) is 8.32. The number of benzene rings is 2. The summed E-state index contributed by atoms with van der Waals surface area (Å²) < 4.78 is 0. The van der Waals surface area contributed by atoms with Gasteiger partial charge in [0.25, 0.3) is 5.91 Å². The van der Waals surface area contributed by atoms with E-state index in [1.54, 1.807) is 0 Å². The topological polar surface area (TPSA) is 42.0 Å². The largest absolute Gasteiger partial charge is 0.298 e. The molecule has 1 heterocycles. The minimum Gasteiger partial charge on any atom is -0.298 e. The number of nitrogens with one attached hydrogen (secondary N) is 1. The molecule has 0 spiro atoms. The fourth-order valence-corrected chi connectivity index (χ4v) is 4.26. The Kier molecular flexibility index (Phi) is 5.08. The summed E-state index contributed by atoms with van der Waals surface area (Å²) in [6.45, 7) is 4.29. The molecule has 3 aromatic rings. The van der Waals surface area contributed by atoms with E-state index in [0.717, 1.165) is 17.7 Å². The standard InChI is InChI=1S/C23H24N2OS/c1-15(2)16-7-10-18(11-8-16)22(26)25-23-24-21(14-27-23)20-12-9-17-5-3-4-6-19(17)13-20/h7-15H,3-6H2,1-2H3,(H,24,25,26). The molecule has 0 saturated carbocycles. The van der Waals surface area contributed by atoms with Crippen LogP contribution in [0.25, 0.3) is 11.3 Å². The Morgan fingerprint density at radius 1 is 1.04 bits per heavy atom. The number of fused-ring (bicyclic) bond motifs is 1. The van der Waals surface area contributed by atoms with Gasteiger partial charge >= 0.3 is 0 Å². The fourth-order valence-electron chi connectivity index (χ4n) is 3.55. The Labute approximate surface area is 164 Å². The van der Waals surface area contributed by atoms with E-state index in [-0.39, 0.29) is 5.91 Å². The molecule has 3 nitrogen and oxygen atoms in total. The summed E-state index contributed by atoms with van der Waals surface area (Å²) >= 11 is 1.47. The second-order valence-electron chi connectivity index (χ2n) is 7.46. The summed E-state index contributed by atoms with van der Waals surface area (Å²) in [5, 5.41) is 5.58. The summed E-state index contributed by atoms with van der Waals surface area (Å²) in [6, 6.07) is 14.4. The van der Waals surface area contributed by atoms with Gasteiger partial charge in [-0.15, -0.1) is 11.3 Å². The molecule has 0 fully saturated rings. The Hall–Kier alpha value is -2.46. The van der Waals surface area contributed by atoms with Crippen LogP contribution in [0.1, 0.15) is 59.7 Å². The van der Waals surface area contributed by atoms with Gasteiger partial charge in [0, 0.05) is 16.5 Å². The molecular weight excluding hydrogens is 352 g/mol. The van der Waals surface area contributed by atoms with E-state index >= 15 is 0 Å².